The lowest BCUT2D eigenvalue weighted by molar-refractivity contribution is -0.154. The van der Waals surface area contributed by atoms with Crippen LogP contribution in [0.1, 0.15) is 87.4 Å². The fraction of sp³-hybridized carbons (Fsp3) is 0.361. The van der Waals surface area contributed by atoms with Crippen molar-refractivity contribution in [1.29, 1.82) is 0 Å². The number of hydrogen-bond acceptors (Lipinski definition) is 8. The Hall–Kier alpha value is -4.99. The molecule has 10 heteroatoms. The highest BCUT2D eigenvalue weighted by molar-refractivity contribution is 6.03. The lowest BCUT2D eigenvalue weighted by Gasteiger charge is -2.60. The molecular weight excluding hydrogens is 592 g/mol. The van der Waals surface area contributed by atoms with Crippen LogP contribution in [0, 0.1) is 22.7 Å². The molecule has 2 aromatic carbocycles. The molecule has 0 bridgehead atoms. The third-order valence-electron chi connectivity index (χ3n) is 10.1. The first kappa shape index (κ1) is 32.4. The molecule has 0 aromatic heterocycles. The van der Waals surface area contributed by atoms with Crippen LogP contribution in [0.2, 0.25) is 0 Å². The molecule has 1 unspecified atom stereocenters. The summed E-state index contributed by atoms with van der Waals surface area (Å²) in [5, 5.41) is 19.3. The average molecular weight is 629 g/mol. The fourth-order valence-electron chi connectivity index (χ4n) is 7.68. The van der Waals surface area contributed by atoms with Gasteiger partial charge in [-0.05, 0) is 79.7 Å². The van der Waals surface area contributed by atoms with Gasteiger partial charge in [-0.3, -0.25) is 0 Å². The van der Waals surface area contributed by atoms with Gasteiger partial charge in [0, 0.05) is 5.41 Å². The zero-order chi connectivity index (χ0) is 33.2. The molecule has 2 saturated carbocycles. The quantitative estimate of drug-likeness (QED) is 0.141. The summed E-state index contributed by atoms with van der Waals surface area (Å²) in [6, 6.07) is 11.6. The summed E-state index contributed by atoms with van der Waals surface area (Å²) in [5.74, 6) is -4.78. The largest absolute Gasteiger partial charge is 0.478 e. The van der Waals surface area contributed by atoms with E-state index in [-0.39, 0.29) is 40.7 Å². The Morgan fingerprint density at radius 1 is 0.935 bits per heavy atom. The van der Waals surface area contributed by atoms with Crippen LogP contribution in [0.25, 0.3) is 0 Å². The molecule has 46 heavy (non-hydrogen) atoms. The van der Waals surface area contributed by atoms with Crippen LogP contribution in [0.15, 0.2) is 84.7 Å². The number of carboxylic acids is 2. The van der Waals surface area contributed by atoms with E-state index in [2.05, 4.69) is 13.5 Å². The zero-order valence-corrected chi connectivity index (χ0v) is 25.7. The zero-order valence-electron chi connectivity index (χ0n) is 25.7. The number of hydrogen-bond donors (Lipinski definition) is 2. The first-order chi connectivity index (χ1) is 21.9. The number of benzene rings is 2. The minimum absolute atomic E-state index is 0.0484. The first-order valence-corrected chi connectivity index (χ1v) is 15.1. The van der Waals surface area contributed by atoms with Crippen molar-refractivity contribution in [2.45, 2.75) is 52.1 Å². The van der Waals surface area contributed by atoms with Gasteiger partial charge >= 0.3 is 29.8 Å². The number of fused-ring (bicyclic) bond motifs is 1. The topological polar surface area (TPSA) is 154 Å². The molecule has 5 rings (SSSR count). The molecule has 3 aliphatic rings. The molecule has 2 fully saturated rings. The maximum absolute atomic E-state index is 13.5. The van der Waals surface area contributed by atoms with Crippen LogP contribution in [0.4, 0.5) is 0 Å². The number of rotatable bonds is 9. The normalized spacial score (nSPS) is 27.9. The number of carbonyl (C=O) groups is 5. The van der Waals surface area contributed by atoms with Gasteiger partial charge in [-0.25, -0.2) is 24.0 Å². The Balaban J connectivity index is 1.49. The van der Waals surface area contributed by atoms with Crippen molar-refractivity contribution in [1.82, 2.24) is 0 Å². The number of carbonyl (C=O) groups excluding carboxylic acids is 3. The Morgan fingerprint density at radius 2 is 1.52 bits per heavy atom. The van der Waals surface area contributed by atoms with Crippen LogP contribution < -0.4 is 0 Å². The van der Waals surface area contributed by atoms with Crippen molar-refractivity contribution in [3.05, 3.63) is 107 Å². The van der Waals surface area contributed by atoms with Crippen LogP contribution in [0.3, 0.4) is 0 Å². The van der Waals surface area contributed by atoms with Gasteiger partial charge in [0.15, 0.2) is 0 Å². The second kappa shape index (κ2) is 12.8. The number of cyclic esters (lactones) is 1. The van der Waals surface area contributed by atoms with Crippen molar-refractivity contribution in [2.24, 2.45) is 22.7 Å². The summed E-state index contributed by atoms with van der Waals surface area (Å²) in [7, 11) is 0. The maximum Gasteiger partial charge on any atom is 0.342 e. The number of ether oxygens (including phenoxy) is 3. The van der Waals surface area contributed by atoms with Crippen molar-refractivity contribution in [3.63, 3.8) is 0 Å². The Labute approximate surface area is 266 Å². The standard InChI is InChI=1S/C36H36O10/c1-21-12-15-28-35(2,27(21)14-13-22-17-19-44-32(22)41)18-16-29(46-34(43)26-11-7-5-9-24(26)31(39)40)36(28,3)20-45-33(42)25-10-6-4-8-23(25)30(37)38/h4-11,13,17,19,27-29H,1,12,14-16,18,20H2,2-3H3,(H,37,38)(H,39,40)/b22-13+/t27-,28?,29-,35+,36+/m1/s1. The SMILES string of the molecule is C=C1CCC2[C@](C)(COC(=O)c3ccccc3C(=O)O)[C@H](OC(=O)c3ccccc3C(=O)O)CC[C@@]2(C)[C@@H]1C/C=C1\C=COC1=O. The van der Waals surface area contributed by atoms with Crippen molar-refractivity contribution in [3.8, 4) is 0 Å². The summed E-state index contributed by atoms with van der Waals surface area (Å²) in [6.07, 6.45) is 6.91. The van der Waals surface area contributed by atoms with Gasteiger partial charge in [-0.2, -0.15) is 0 Å². The molecule has 0 amide bonds. The molecule has 1 aliphatic heterocycles. The van der Waals surface area contributed by atoms with E-state index < -0.39 is 46.8 Å². The highest BCUT2D eigenvalue weighted by Gasteiger charge is 2.59. The second-order valence-electron chi connectivity index (χ2n) is 12.6. The van der Waals surface area contributed by atoms with Gasteiger partial charge in [0.05, 0.1) is 34.1 Å². The highest BCUT2D eigenvalue weighted by Crippen LogP contribution is 2.62. The first-order valence-electron chi connectivity index (χ1n) is 15.1. The van der Waals surface area contributed by atoms with E-state index in [4.69, 9.17) is 14.2 Å². The Morgan fingerprint density at radius 3 is 2.09 bits per heavy atom. The molecule has 0 radical (unpaired) electrons. The highest BCUT2D eigenvalue weighted by atomic mass is 16.6. The van der Waals surface area contributed by atoms with E-state index in [0.717, 1.165) is 5.57 Å². The van der Waals surface area contributed by atoms with Crippen molar-refractivity contribution >= 4 is 29.8 Å². The van der Waals surface area contributed by atoms with Gasteiger partial charge in [0.2, 0.25) is 0 Å². The smallest absolute Gasteiger partial charge is 0.342 e. The maximum atomic E-state index is 13.5. The van der Waals surface area contributed by atoms with E-state index in [1.807, 2.05) is 13.0 Å². The van der Waals surface area contributed by atoms with Gasteiger partial charge in [-0.15, -0.1) is 0 Å². The number of carboxylic acid groups (broad SMARTS) is 2. The molecule has 0 saturated heterocycles. The van der Waals surface area contributed by atoms with Crippen LogP contribution >= 0.6 is 0 Å². The summed E-state index contributed by atoms with van der Waals surface area (Å²) < 4.78 is 16.9. The molecule has 2 aliphatic carbocycles. The summed E-state index contributed by atoms with van der Waals surface area (Å²) >= 11 is 0. The summed E-state index contributed by atoms with van der Waals surface area (Å²) in [6.45, 7) is 8.23. The molecular formula is C36H36O10. The monoisotopic (exact) mass is 628 g/mol. The van der Waals surface area contributed by atoms with E-state index >= 15 is 0 Å². The van der Waals surface area contributed by atoms with Gasteiger partial charge in [-0.1, -0.05) is 56.3 Å². The molecule has 0 spiro atoms. The molecule has 240 valence electrons. The number of aromatic carboxylic acids is 2. The van der Waals surface area contributed by atoms with E-state index in [9.17, 15) is 34.2 Å². The molecule has 2 N–H and O–H groups in total. The third kappa shape index (κ3) is 5.99. The minimum atomic E-state index is -1.27. The lowest BCUT2D eigenvalue weighted by atomic mass is 9.46. The summed E-state index contributed by atoms with van der Waals surface area (Å²) in [4.78, 5) is 62.6. The van der Waals surface area contributed by atoms with Crippen LogP contribution in [-0.4, -0.2) is 52.8 Å². The van der Waals surface area contributed by atoms with Crippen LogP contribution in [0.5, 0.6) is 0 Å². The van der Waals surface area contributed by atoms with E-state index in [1.165, 1.54) is 42.7 Å². The molecule has 5 atom stereocenters. The Kier molecular flexibility index (Phi) is 9.01. The predicted molar refractivity (Wildman–Crippen MR) is 165 cm³/mol. The van der Waals surface area contributed by atoms with Gasteiger partial charge in [0.25, 0.3) is 0 Å². The second-order valence-corrected chi connectivity index (χ2v) is 12.6. The Bertz CT molecular complexity index is 1670. The number of allylic oxidation sites excluding steroid dienone is 2. The summed E-state index contributed by atoms with van der Waals surface area (Å²) in [5.41, 5.74) is -0.420. The molecule has 1 heterocycles. The van der Waals surface area contributed by atoms with E-state index in [1.54, 1.807) is 18.2 Å². The molecule has 10 nitrogen and oxygen atoms in total. The third-order valence-corrected chi connectivity index (χ3v) is 10.1. The average Bonchev–Trinajstić information content (AvgIpc) is 3.45. The van der Waals surface area contributed by atoms with Gasteiger partial charge in [0.1, 0.15) is 12.7 Å². The lowest BCUT2D eigenvalue weighted by Crippen LogP contribution is -2.58. The fourth-order valence-corrected chi connectivity index (χ4v) is 7.68. The minimum Gasteiger partial charge on any atom is -0.478 e. The van der Waals surface area contributed by atoms with Crippen molar-refractivity contribution in [2.75, 3.05) is 6.61 Å². The molecule has 2 aromatic rings. The predicted octanol–water partition coefficient (Wildman–Crippen LogP) is 6.24. The van der Waals surface area contributed by atoms with Crippen molar-refractivity contribution < 1.29 is 48.4 Å². The van der Waals surface area contributed by atoms with E-state index in [0.29, 0.717) is 37.7 Å². The van der Waals surface area contributed by atoms with Gasteiger partial charge < -0.3 is 24.4 Å². The van der Waals surface area contributed by atoms with Crippen LogP contribution in [-0.2, 0) is 19.0 Å². The number of esters is 3.